The highest BCUT2D eigenvalue weighted by Crippen LogP contribution is 2.23. The number of carbonyl (C=O) groups excluding carboxylic acids is 1. The largest absolute Gasteiger partial charge is 0.478 e. The molecule has 5 heteroatoms. The summed E-state index contributed by atoms with van der Waals surface area (Å²) in [5.41, 5.74) is 1.91. The lowest BCUT2D eigenvalue weighted by Crippen LogP contribution is -2.08. The van der Waals surface area contributed by atoms with Crippen LogP contribution in [0.25, 0.3) is 6.08 Å². The van der Waals surface area contributed by atoms with Crippen molar-refractivity contribution in [3.05, 3.63) is 69.7 Å². The molecule has 0 saturated heterocycles. The van der Waals surface area contributed by atoms with Gasteiger partial charge in [-0.05, 0) is 36.8 Å². The van der Waals surface area contributed by atoms with Crippen LogP contribution < -0.4 is 4.74 Å². The minimum absolute atomic E-state index is 0.00857. The highest BCUT2D eigenvalue weighted by Gasteiger charge is 2.13. The van der Waals surface area contributed by atoms with Crippen LogP contribution in [0.1, 0.15) is 21.5 Å². The van der Waals surface area contributed by atoms with Crippen molar-refractivity contribution in [2.45, 2.75) is 6.92 Å². The second-order valence-electron chi connectivity index (χ2n) is 4.61. The van der Waals surface area contributed by atoms with Gasteiger partial charge in [0.2, 0.25) is 0 Å². The maximum absolute atomic E-state index is 11.8. The van der Waals surface area contributed by atoms with Crippen LogP contribution in [0.5, 0.6) is 5.75 Å². The van der Waals surface area contributed by atoms with Crippen LogP contribution in [0, 0.1) is 6.92 Å². The molecule has 0 fully saturated rings. The van der Waals surface area contributed by atoms with Crippen LogP contribution in [0.2, 0.25) is 0 Å². The minimum atomic E-state index is -1.16. The second kappa shape index (κ2) is 7.04. The molecule has 112 valence electrons. The smallest absolute Gasteiger partial charge is 0.339 e. The highest BCUT2D eigenvalue weighted by molar-refractivity contribution is 9.10. The Balaban J connectivity index is 2.12. The molecule has 2 rings (SSSR count). The maximum Gasteiger partial charge on any atom is 0.339 e. The molecule has 0 saturated carbocycles. The molecule has 2 aromatic carbocycles. The Morgan fingerprint density at radius 1 is 1.14 bits per heavy atom. The number of carboxylic acids is 1. The van der Waals surface area contributed by atoms with Crippen molar-refractivity contribution in [2.24, 2.45) is 0 Å². The number of esters is 1. The van der Waals surface area contributed by atoms with Gasteiger partial charge in [-0.1, -0.05) is 45.8 Å². The Bertz CT molecular complexity index is 733. The first-order valence-corrected chi connectivity index (χ1v) is 7.24. The summed E-state index contributed by atoms with van der Waals surface area (Å²) in [5.74, 6) is -1.79. The maximum atomic E-state index is 11.8. The lowest BCUT2D eigenvalue weighted by molar-refractivity contribution is -0.128. The fraction of sp³-hybridized carbons (Fsp3) is 0.0588. The number of rotatable bonds is 4. The Morgan fingerprint density at radius 2 is 1.82 bits per heavy atom. The van der Waals surface area contributed by atoms with Crippen LogP contribution in [0.3, 0.4) is 0 Å². The summed E-state index contributed by atoms with van der Waals surface area (Å²) in [6.07, 6.45) is 2.87. The van der Waals surface area contributed by atoms with Crippen molar-refractivity contribution < 1.29 is 19.4 Å². The molecule has 1 N–H and O–H groups in total. The van der Waals surface area contributed by atoms with Gasteiger partial charge >= 0.3 is 11.9 Å². The first-order chi connectivity index (χ1) is 10.5. The highest BCUT2D eigenvalue weighted by atomic mass is 79.9. The molecule has 0 unspecified atom stereocenters. The van der Waals surface area contributed by atoms with E-state index in [-0.39, 0.29) is 11.3 Å². The molecule has 22 heavy (non-hydrogen) atoms. The summed E-state index contributed by atoms with van der Waals surface area (Å²) >= 11 is 3.18. The van der Waals surface area contributed by atoms with Gasteiger partial charge in [-0.15, -0.1) is 0 Å². The number of carbonyl (C=O) groups is 2. The molecule has 0 aromatic heterocycles. The van der Waals surface area contributed by atoms with E-state index in [9.17, 15) is 9.59 Å². The molecule has 4 nitrogen and oxygen atoms in total. The van der Waals surface area contributed by atoms with E-state index >= 15 is 0 Å². The average molecular weight is 361 g/mol. The van der Waals surface area contributed by atoms with E-state index in [4.69, 9.17) is 9.84 Å². The van der Waals surface area contributed by atoms with E-state index in [1.54, 1.807) is 12.1 Å². The van der Waals surface area contributed by atoms with E-state index < -0.39 is 11.9 Å². The molecular formula is C17H13BrO4. The van der Waals surface area contributed by atoms with Gasteiger partial charge < -0.3 is 9.84 Å². The van der Waals surface area contributed by atoms with E-state index in [2.05, 4.69) is 15.9 Å². The molecule has 0 amide bonds. The fourth-order valence-corrected chi connectivity index (χ4v) is 2.10. The monoisotopic (exact) mass is 360 g/mol. The summed E-state index contributed by atoms with van der Waals surface area (Å²) in [6, 6.07) is 12.0. The summed E-state index contributed by atoms with van der Waals surface area (Å²) in [7, 11) is 0. The number of ether oxygens (including phenoxy) is 1. The number of carboxylic acid groups (broad SMARTS) is 1. The molecule has 0 aliphatic rings. The van der Waals surface area contributed by atoms with E-state index in [1.807, 2.05) is 31.2 Å². The molecular weight excluding hydrogens is 348 g/mol. The van der Waals surface area contributed by atoms with Crippen LogP contribution in [-0.2, 0) is 4.79 Å². The van der Waals surface area contributed by atoms with Gasteiger partial charge in [-0.25, -0.2) is 9.59 Å². The summed E-state index contributed by atoms with van der Waals surface area (Å²) in [6.45, 7) is 1.97. The molecule has 0 aliphatic carbocycles. The number of halogens is 1. The lowest BCUT2D eigenvalue weighted by atomic mass is 10.1. The van der Waals surface area contributed by atoms with Crippen molar-refractivity contribution >= 4 is 33.9 Å². The number of aromatic carboxylic acids is 1. The third-order valence-electron chi connectivity index (χ3n) is 2.87. The predicted molar refractivity (Wildman–Crippen MR) is 86.9 cm³/mol. The van der Waals surface area contributed by atoms with E-state index in [1.165, 1.54) is 18.2 Å². The molecule has 0 aliphatic heterocycles. The van der Waals surface area contributed by atoms with Crippen LogP contribution in [0.4, 0.5) is 0 Å². The van der Waals surface area contributed by atoms with Crippen molar-refractivity contribution in [1.82, 2.24) is 0 Å². The second-order valence-corrected chi connectivity index (χ2v) is 5.53. The molecule has 0 spiro atoms. The van der Waals surface area contributed by atoms with Gasteiger partial charge in [0.1, 0.15) is 11.3 Å². The third-order valence-corrected chi connectivity index (χ3v) is 3.37. The molecule has 0 bridgehead atoms. The first kappa shape index (κ1) is 16.0. The molecule has 2 aromatic rings. The predicted octanol–water partition coefficient (Wildman–Crippen LogP) is 4.07. The van der Waals surface area contributed by atoms with Crippen LogP contribution in [0.15, 0.2) is 53.0 Å². The van der Waals surface area contributed by atoms with Crippen molar-refractivity contribution in [3.8, 4) is 5.75 Å². The van der Waals surface area contributed by atoms with E-state index in [0.29, 0.717) is 4.47 Å². The number of hydrogen-bond acceptors (Lipinski definition) is 3. The van der Waals surface area contributed by atoms with Crippen LogP contribution in [-0.4, -0.2) is 17.0 Å². The normalized spacial score (nSPS) is 10.6. The topological polar surface area (TPSA) is 63.6 Å². The number of aryl methyl sites for hydroxylation is 1. The summed E-state index contributed by atoms with van der Waals surface area (Å²) in [5, 5.41) is 9.11. The Labute approximate surface area is 136 Å². The zero-order chi connectivity index (χ0) is 16.1. The van der Waals surface area contributed by atoms with Crippen molar-refractivity contribution in [3.63, 3.8) is 0 Å². The minimum Gasteiger partial charge on any atom is -0.478 e. The van der Waals surface area contributed by atoms with Gasteiger partial charge in [0.05, 0.1) is 0 Å². The fourth-order valence-electron chi connectivity index (χ4n) is 1.74. The third kappa shape index (κ3) is 4.30. The average Bonchev–Trinajstić information content (AvgIpc) is 2.48. The quantitative estimate of drug-likeness (QED) is 0.507. The molecule has 0 atom stereocenters. The Kier molecular flexibility index (Phi) is 5.12. The SMILES string of the molecule is Cc1ccc(/C=C/C(=O)Oc2ccc(Br)cc2C(=O)O)cc1. The van der Waals surface area contributed by atoms with Gasteiger partial charge in [0.15, 0.2) is 0 Å². The Morgan fingerprint density at radius 3 is 2.45 bits per heavy atom. The van der Waals surface area contributed by atoms with E-state index in [0.717, 1.165) is 11.1 Å². The number of hydrogen-bond donors (Lipinski definition) is 1. The summed E-state index contributed by atoms with van der Waals surface area (Å²) < 4.78 is 5.68. The molecule has 0 heterocycles. The Hall–Kier alpha value is -2.40. The lowest BCUT2D eigenvalue weighted by Gasteiger charge is -2.06. The zero-order valence-electron chi connectivity index (χ0n) is 11.7. The van der Waals surface area contributed by atoms with Crippen molar-refractivity contribution in [1.29, 1.82) is 0 Å². The van der Waals surface area contributed by atoms with Gasteiger partial charge in [-0.2, -0.15) is 0 Å². The number of benzene rings is 2. The standard InChI is InChI=1S/C17H13BrO4/c1-11-2-4-12(5-3-11)6-9-16(19)22-15-8-7-13(18)10-14(15)17(20)21/h2-10H,1H3,(H,20,21)/b9-6+. The van der Waals surface area contributed by atoms with Crippen LogP contribution >= 0.6 is 15.9 Å². The zero-order valence-corrected chi connectivity index (χ0v) is 13.3. The summed E-state index contributed by atoms with van der Waals surface area (Å²) in [4.78, 5) is 22.9. The first-order valence-electron chi connectivity index (χ1n) is 6.45. The van der Waals surface area contributed by atoms with Gasteiger partial charge in [0.25, 0.3) is 0 Å². The molecule has 0 radical (unpaired) electrons. The van der Waals surface area contributed by atoms with Crippen molar-refractivity contribution in [2.75, 3.05) is 0 Å². The van der Waals surface area contributed by atoms with Gasteiger partial charge in [-0.3, -0.25) is 0 Å². The van der Waals surface area contributed by atoms with Gasteiger partial charge in [0, 0.05) is 10.5 Å².